The molecular formula is C9H21O6S2-. The first-order valence-corrected chi connectivity index (χ1v) is 8.06. The minimum absolute atomic E-state index is 0.243. The van der Waals surface area contributed by atoms with Crippen molar-refractivity contribution < 1.29 is 25.5 Å². The van der Waals surface area contributed by atoms with Crippen LogP contribution in [0.3, 0.4) is 0 Å². The Hall–Kier alpha value is -0.0200. The molecule has 0 saturated heterocycles. The highest BCUT2D eigenvalue weighted by Gasteiger charge is 1.96. The van der Waals surface area contributed by atoms with E-state index in [1.807, 2.05) is 13.8 Å². The predicted molar refractivity (Wildman–Crippen MR) is 65.5 cm³/mol. The van der Waals surface area contributed by atoms with Crippen molar-refractivity contribution in [3.63, 3.8) is 0 Å². The highest BCUT2D eigenvalue weighted by Crippen LogP contribution is 1.91. The molecule has 0 spiro atoms. The topological polar surface area (TPSA) is 92.7 Å². The monoisotopic (exact) mass is 289 g/mol. The van der Waals surface area contributed by atoms with Crippen molar-refractivity contribution in [1.29, 1.82) is 0 Å². The van der Waals surface area contributed by atoms with Gasteiger partial charge in [0.05, 0.1) is 23.3 Å². The molecule has 0 atom stereocenters. The van der Waals surface area contributed by atoms with E-state index in [1.165, 1.54) is 0 Å². The molecule has 0 N–H and O–H groups in total. The molecule has 0 aromatic rings. The Morgan fingerprint density at radius 2 is 1.41 bits per heavy atom. The molecular weight excluding hydrogens is 268 g/mol. The Morgan fingerprint density at radius 3 is 1.59 bits per heavy atom. The quantitative estimate of drug-likeness (QED) is 0.626. The van der Waals surface area contributed by atoms with E-state index in [9.17, 15) is 17.2 Å². The van der Waals surface area contributed by atoms with Gasteiger partial charge in [-0.25, -0.2) is 8.42 Å². The van der Waals surface area contributed by atoms with Gasteiger partial charge in [0.1, 0.15) is 0 Å². The minimum atomic E-state index is -3.92. The molecule has 0 amide bonds. The van der Waals surface area contributed by atoms with Crippen molar-refractivity contribution in [3.8, 4) is 0 Å². The predicted octanol–water partition coefficient (Wildman–Crippen LogP) is 1.36. The number of hydrogen-bond donors (Lipinski definition) is 0. The summed E-state index contributed by atoms with van der Waals surface area (Å²) in [5, 5.41) is 0. The summed E-state index contributed by atoms with van der Waals surface area (Å²) >= 11 is -1.52. The van der Waals surface area contributed by atoms with Gasteiger partial charge < -0.3 is 4.55 Å². The molecule has 0 rings (SSSR count). The van der Waals surface area contributed by atoms with Crippen LogP contribution in [0, 0.1) is 0 Å². The van der Waals surface area contributed by atoms with Gasteiger partial charge >= 0.3 is 11.4 Å². The van der Waals surface area contributed by atoms with E-state index < -0.39 is 21.5 Å². The highest BCUT2D eigenvalue weighted by atomic mass is 32.2. The second-order valence-corrected chi connectivity index (χ2v) is 5.51. The van der Waals surface area contributed by atoms with Gasteiger partial charge in [-0.1, -0.05) is 20.8 Å². The van der Waals surface area contributed by atoms with Crippen LogP contribution < -0.4 is 0 Å². The van der Waals surface area contributed by atoms with Crippen molar-refractivity contribution in [2.24, 2.45) is 0 Å². The van der Waals surface area contributed by atoms with Crippen molar-refractivity contribution in [2.75, 3.05) is 19.0 Å². The van der Waals surface area contributed by atoms with E-state index in [0.29, 0.717) is 19.6 Å². The molecule has 0 aliphatic heterocycles. The molecule has 17 heavy (non-hydrogen) atoms. The van der Waals surface area contributed by atoms with Crippen molar-refractivity contribution in [2.45, 2.75) is 40.0 Å². The van der Waals surface area contributed by atoms with E-state index in [4.69, 9.17) is 8.37 Å². The van der Waals surface area contributed by atoms with E-state index in [0.717, 1.165) is 12.8 Å². The Bertz CT molecular complexity index is 265. The molecule has 106 valence electrons. The van der Waals surface area contributed by atoms with E-state index in [2.05, 4.69) is 0 Å². The van der Waals surface area contributed by atoms with Crippen molar-refractivity contribution >= 4 is 21.5 Å². The first-order chi connectivity index (χ1) is 7.87. The standard InChI is InChI=1S/C6H14O3S.C3H8O3S/c1-3-5-8-10(7)9-6-4-2;1-2-3-7(4,5)6/h3-6H2,1-2H3;2-3H2,1H3,(H,4,5,6)/p-1. The maximum absolute atomic E-state index is 10.6. The van der Waals surface area contributed by atoms with Crippen molar-refractivity contribution in [3.05, 3.63) is 0 Å². The molecule has 8 heteroatoms. The molecule has 0 aliphatic rings. The van der Waals surface area contributed by atoms with Gasteiger partial charge in [0, 0.05) is 5.75 Å². The lowest BCUT2D eigenvalue weighted by Gasteiger charge is -2.00. The summed E-state index contributed by atoms with van der Waals surface area (Å²) in [4.78, 5) is 0. The fraction of sp³-hybridized carbons (Fsp3) is 1.00. The van der Waals surface area contributed by atoms with Crippen LogP contribution in [0.1, 0.15) is 40.0 Å². The smallest absolute Gasteiger partial charge is 0.304 e. The normalized spacial score (nSPS) is 11.1. The number of rotatable bonds is 8. The summed E-state index contributed by atoms with van der Waals surface area (Å²) in [6.07, 6.45) is 2.13. The van der Waals surface area contributed by atoms with Crippen LogP contribution in [0.4, 0.5) is 0 Å². The molecule has 0 bridgehead atoms. The third-order valence-electron chi connectivity index (χ3n) is 1.22. The first kappa shape index (κ1) is 19.3. The Kier molecular flexibility index (Phi) is 14.1. The zero-order valence-electron chi connectivity index (χ0n) is 10.5. The summed E-state index contributed by atoms with van der Waals surface area (Å²) in [6.45, 7) is 6.55. The summed E-state index contributed by atoms with van der Waals surface area (Å²) < 4.78 is 49.1. The van der Waals surface area contributed by atoms with Crippen LogP contribution in [-0.2, 0) is 29.8 Å². The Balaban J connectivity index is 0. The van der Waals surface area contributed by atoms with Gasteiger partial charge in [0.25, 0.3) is 0 Å². The van der Waals surface area contributed by atoms with Crippen LogP contribution in [0.25, 0.3) is 0 Å². The molecule has 6 nitrogen and oxygen atoms in total. The SMILES string of the molecule is CCCOS(=O)OCCC.CCCS(=O)(=O)[O-]. The Labute approximate surface area is 106 Å². The zero-order valence-corrected chi connectivity index (χ0v) is 12.1. The van der Waals surface area contributed by atoms with Gasteiger partial charge in [-0.3, -0.25) is 8.37 Å². The molecule has 0 saturated carbocycles. The van der Waals surface area contributed by atoms with Gasteiger partial charge in [-0.2, -0.15) is 4.21 Å². The lowest BCUT2D eigenvalue weighted by atomic mass is 10.5. The first-order valence-electron chi connectivity index (χ1n) is 5.49. The lowest BCUT2D eigenvalue weighted by molar-refractivity contribution is 0.250. The van der Waals surface area contributed by atoms with E-state index >= 15 is 0 Å². The largest absolute Gasteiger partial charge is 0.748 e. The summed E-state index contributed by atoms with van der Waals surface area (Å²) in [5.74, 6) is -0.243. The van der Waals surface area contributed by atoms with Gasteiger partial charge in [-0.05, 0) is 19.3 Å². The molecule has 0 unspecified atom stereocenters. The second kappa shape index (κ2) is 12.4. The third-order valence-corrected chi connectivity index (χ3v) is 2.85. The zero-order chi connectivity index (χ0) is 13.7. The molecule has 0 aliphatic carbocycles. The molecule has 0 radical (unpaired) electrons. The molecule has 0 aromatic carbocycles. The van der Waals surface area contributed by atoms with Gasteiger partial charge in [-0.15, -0.1) is 0 Å². The highest BCUT2D eigenvalue weighted by molar-refractivity contribution is 7.85. The number of hydrogen-bond acceptors (Lipinski definition) is 6. The van der Waals surface area contributed by atoms with Gasteiger partial charge in [0.15, 0.2) is 0 Å². The average molecular weight is 289 g/mol. The molecule has 0 aromatic heterocycles. The van der Waals surface area contributed by atoms with E-state index in [-0.39, 0.29) is 5.75 Å². The summed E-state index contributed by atoms with van der Waals surface area (Å²) in [7, 11) is -3.92. The fourth-order valence-electron chi connectivity index (χ4n) is 0.587. The lowest BCUT2D eigenvalue weighted by Crippen LogP contribution is -2.03. The van der Waals surface area contributed by atoms with E-state index in [1.54, 1.807) is 6.92 Å². The fourth-order valence-corrected chi connectivity index (χ4v) is 1.76. The minimum Gasteiger partial charge on any atom is -0.748 e. The average Bonchev–Trinajstić information content (AvgIpc) is 2.22. The Morgan fingerprint density at radius 1 is 1.00 bits per heavy atom. The summed E-state index contributed by atoms with van der Waals surface area (Å²) in [5.41, 5.74) is 0. The van der Waals surface area contributed by atoms with Crippen LogP contribution in [0.15, 0.2) is 0 Å². The van der Waals surface area contributed by atoms with Crippen LogP contribution in [0.5, 0.6) is 0 Å². The maximum atomic E-state index is 10.6. The molecule has 0 heterocycles. The molecule has 0 fully saturated rings. The van der Waals surface area contributed by atoms with Crippen molar-refractivity contribution in [1.82, 2.24) is 0 Å². The van der Waals surface area contributed by atoms with Crippen LogP contribution in [0.2, 0.25) is 0 Å². The third kappa shape index (κ3) is 21.8. The summed E-state index contributed by atoms with van der Waals surface area (Å²) in [6, 6.07) is 0. The maximum Gasteiger partial charge on any atom is 0.304 e. The van der Waals surface area contributed by atoms with Gasteiger partial charge in [0.2, 0.25) is 0 Å². The van der Waals surface area contributed by atoms with Crippen LogP contribution in [-0.4, -0.2) is 36.1 Å². The van der Waals surface area contributed by atoms with Crippen LogP contribution >= 0.6 is 0 Å². The second-order valence-electron chi connectivity index (χ2n) is 3.11.